The SMILES string of the molecule is CC1CCCN(C(=O)C(C)Nc2ccccc2F)C1. The first-order valence-electron chi connectivity index (χ1n) is 6.88. The van der Waals surface area contributed by atoms with Crippen molar-refractivity contribution in [2.75, 3.05) is 18.4 Å². The Kier molecular flexibility index (Phi) is 4.40. The highest BCUT2D eigenvalue weighted by molar-refractivity contribution is 5.84. The maximum absolute atomic E-state index is 13.5. The monoisotopic (exact) mass is 264 g/mol. The number of para-hydroxylation sites is 1. The molecule has 1 N–H and O–H groups in total. The maximum Gasteiger partial charge on any atom is 0.244 e. The Bertz CT molecular complexity index is 450. The minimum absolute atomic E-state index is 0.0507. The third-order valence-electron chi connectivity index (χ3n) is 3.58. The van der Waals surface area contributed by atoms with Gasteiger partial charge in [-0.2, -0.15) is 0 Å². The van der Waals surface area contributed by atoms with Crippen LogP contribution in [0.5, 0.6) is 0 Å². The topological polar surface area (TPSA) is 32.3 Å². The van der Waals surface area contributed by atoms with E-state index in [1.54, 1.807) is 25.1 Å². The molecule has 1 saturated heterocycles. The molecule has 0 bridgehead atoms. The number of amides is 1. The molecule has 0 radical (unpaired) electrons. The second-order valence-electron chi connectivity index (χ2n) is 5.38. The lowest BCUT2D eigenvalue weighted by molar-refractivity contribution is -0.133. The minimum atomic E-state index is -0.401. The molecular weight excluding hydrogens is 243 g/mol. The molecule has 0 spiro atoms. The number of carbonyl (C=O) groups excluding carboxylic acids is 1. The van der Waals surface area contributed by atoms with Crippen LogP contribution in [0.15, 0.2) is 24.3 Å². The summed E-state index contributed by atoms with van der Waals surface area (Å²) in [5.41, 5.74) is 0.383. The van der Waals surface area contributed by atoms with Crippen LogP contribution in [0.4, 0.5) is 10.1 Å². The summed E-state index contributed by atoms with van der Waals surface area (Å²) < 4.78 is 13.5. The Morgan fingerprint density at radius 2 is 2.21 bits per heavy atom. The second-order valence-corrected chi connectivity index (χ2v) is 5.38. The molecular formula is C15H21FN2O. The van der Waals surface area contributed by atoms with E-state index in [4.69, 9.17) is 0 Å². The average molecular weight is 264 g/mol. The van der Waals surface area contributed by atoms with Crippen LogP contribution in [-0.2, 0) is 4.79 Å². The van der Waals surface area contributed by atoms with Crippen molar-refractivity contribution in [1.82, 2.24) is 4.90 Å². The van der Waals surface area contributed by atoms with Gasteiger partial charge >= 0.3 is 0 Å². The first-order valence-corrected chi connectivity index (χ1v) is 6.88. The summed E-state index contributed by atoms with van der Waals surface area (Å²) in [5.74, 6) is 0.280. The molecule has 1 aliphatic rings. The van der Waals surface area contributed by atoms with Gasteiger partial charge in [-0.1, -0.05) is 19.1 Å². The quantitative estimate of drug-likeness (QED) is 0.910. The van der Waals surface area contributed by atoms with E-state index in [0.29, 0.717) is 11.6 Å². The van der Waals surface area contributed by atoms with Crippen molar-refractivity contribution in [1.29, 1.82) is 0 Å². The van der Waals surface area contributed by atoms with Crippen molar-refractivity contribution >= 4 is 11.6 Å². The summed E-state index contributed by atoms with van der Waals surface area (Å²) >= 11 is 0. The summed E-state index contributed by atoms with van der Waals surface area (Å²) in [6, 6.07) is 6.04. The van der Waals surface area contributed by atoms with Gasteiger partial charge in [0.1, 0.15) is 11.9 Å². The third-order valence-corrected chi connectivity index (χ3v) is 3.58. The first-order chi connectivity index (χ1) is 9.08. The van der Waals surface area contributed by atoms with Crippen LogP contribution in [0, 0.1) is 11.7 Å². The number of rotatable bonds is 3. The molecule has 4 heteroatoms. The zero-order valence-electron chi connectivity index (χ0n) is 11.5. The van der Waals surface area contributed by atoms with Crippen molar-refractivity contribution in [3.05, 3.63) is 30.1 Å². The molecule has 0 aromatic heterocycles. The van der Waals surface area contributed by atoms with Gasteiger partial charge in [0, 0.05) is 13.1 Å². The number of piperidine rings is 1. The van der Waals surface area contributed by atoms with Crippen LogP contribution in [-0.4, -0.2) is 29.9 Å². The Morgan fingerprint density at radius 1 is 1.47 bits per heavy atom. The largest absolute Gasteiger partial charge is 0.372 e. The van der Waals surface area contributed by atoms with Crippen LogP contribution in [0.1, 0.15) is 26.7 Å². The van der Waals surface area contributed by atoms with E-state index in [9.17, 15) is 9.18 Å². The lowest BCUT2D eigenvalue weighted by Gasteiger charge is -2.33. The van der Waals surface area contributed by atoms with Crippen LogP contribution in [0.2, 0.25) is 0 Å². The zero-order valence-corrected chi connectivity index (χ0v) is 11.5. The number of anilines is 1. The van der Waals surface area contributed by atoms with Gasteiger partial charge in [-0.3, -0.25) is 4.79 Å². The summed E-state index contributed by atoms with van der Waals surface area (Å²) in [7, 11) is 0. The highest BCUT2D eigenvalue weighted by Gasteiger charge is 2.25. The number of halogens is 1. The number of hydrogen-bond donors (Lipinski definition) is 1. The van der Waals surface area contributed by atoms with Gasteiger partial charge in [0.05, 0.1) is 5.69 Å². The van der Waals surface area contributed by atoms with E-state index in [-0.39, 0.29) is 11.7 Å². The minimum Gasteiger partial charge on any atom is -0.372 e. The lowest BCUT2D eigenvalue weighted by Crippen LogP contribution is -2.46. The van der Waals surface area contributed by atoms with Crippen molar-refractivity contribution in [2.45, 2.75) is 32.7 Å². The zero-order chi connectivity index (χ0) is 13.8. The highest BCUT2D eigenvalue weighted by Crippen LogP contribution is 2.18. The number of likely N-dealkylation sites (tertiary alicyclic amines) is 1. The second kappa shape index (κ2) is 6.04. The molecule has 2 atom stereocenters. The molecule has 104 valence electrons. The van der Waals surface area contributed by atoms with Gasteiger partial charge in [0.25, 0.3) is 0 Å². The molecule has 3 nitrogen and oxygen atoms in total. The highest BCUT2D eigenvalue weighted by atomic mass is 19.1. The van der Waals surface area contributed by atoms with E-state index >= 15 is 0 Å². The third kappa shape index (κ3) is 3.46. The summed E-state index contributed by atoms with van der Waals surface area (Å²) in [4.78, 5) is 14.2. The van der Waals surface area contributed by atoms with Gasteiger partial charge in [0.15, 0.2) is 0 Å². The summed E-state index contributed by atoms with van der Waals surface area (Å²) in [6.07, 6.45) is 2.23. The molecule has 0 aliphatic carbocycles. The predicted molar refractivity (Wildman–Crippen MR) is 74.5 cm³/mol. The van der Waals surface area contributed by atoms with Gasteiger partial charge in [0.2, 0.25) is 5.91 Å². The van der Waals surface area contributed by atoms with Gasteiger partial charge in [-0.05, 0) is 37.8 Å². The molecule has 2 rings (SSSR count). The smallest absolute Gasteiger partial charge is 0.244 e. The predicted octanol–water partition coefficient (Wildman–Crippen LogP) is 2.88. The molecule has 1 amide bonds. The van der Waals surface area contributed by atoms with E-state index in [2.05, 4.69) is 12.2 Å². The van der Waals surface area contributed by atoms with Crippen molar-refractivity contribution in [3.63, 3.8) is 0 Å². The van der Waals surface area contributed by atoms with Crippen molar-refractivity contribution < 1.29 is 9.18 Å². The van der Waals surface area contributed by atoms with E-state index in [1.165, 1.54) is 12.5 Å². The van der Waals surface area contributed by atoms with Crippen LogP contribution in [0.25, 0.3) is 0 Å². The Labute approximate surface area is 113 Å². The fourth-order valence-electron chi connectivity index (χ4n) is 2.54. The number of nitrogens with one attached hydrogen (secondary N) is 1. The number of nitrogens with zero attached hydrogens (tertiary/aromatic N) is 1. The molecule has 1 aliphatic heterocycles. The van der Waals surface area contributed by atoms with E-state index in [1.807, 2.05) is 4.90 Å². The summed E-state index contributed by atoms with van der Waals surface area (Å²) in [5, 5.41) is 2.96. The Morgan fingerprint density at radius 3 is 2.89 bits per heavy atom. The van der Waals surface area contributed by atoms with Crippen LogP contribution < -0.4 is 5.32 Å². The van der Waals surface area contributed by atoms with E-state index in [0.717, 1.165) is 19.5 Å². The number of carbonyl (C=O) groups is 1. The standard InChI is InChI=1S/C15H21FN2O/c1-11-6-5-9-18(10-11)15(19)12(2)17-14-8-4-3-7-13(14)16/h3-4,7-8,11-12,17H,5-6,9-10H2,1-2H3. The lowest BCUT2D eigenvalue weighted by atomic mass is 10.00. The van der Waals surface area contributed by atoms with Gasteiger partial charge in [-0.25, -0.2) is 4.39 Å². The molecule has 19 heavy (non-hydrogen) atoms. The number of benzene rings is 1. The molecule has 1 aromatic rings. The van der Waals surface area contributed by atoms with Crippen molar-refractivity contribution in [2.24, 2.45) is 5.92 Å². The molecule has 2 unspecified atom stereocenters. The van der Waals surface area contributed by atoms with Crippen LogP contribution in [0.3, 0.4) is 0 Å². The molecule has 0 saturated carbocycles. The maximum atomic E-state index is 13.5. The molecule has 1 heterocycles. The number of hydrogen-bond acceptors (Lipinski definition) is 2. The molecule has 1 fully saturated rings. The first kappa shape index (κ1) is 13.8. The Balaban J connectivity index is 1.97. The van der Waals surface area contributed by atoms with Gasteiger partial charge < -0.3 is 10.2 Å². The average Bonchev–Trinajstić information content (AvgIpc) is 2.40. The van der Waals surface area contributed by atoms with Crippen molar-refractivity contribution in [3.8, 4) is 0 Å². The van der Waals surface area contributed by atoms with E-state index < -0.39 is 6.04 Å². The summed E-state index contributed by atoms with van der Waals surface area (Å²) in [6.45, 7) is 5.57. The van der Waals surface area contributed by atoms with Gasteiger partial charge in [-0.15, -0.1) is 0 Å². The van der Waals surface area contributed by atoms with Crippen LogP contribution >= 0.6 is 0 Å². The Hall–Kier alpha value is -1.58. The molecule has 1 aromatic carbocycles. The fraction of sp³-hybridized carbons (Fsp3) is 0.533. The fourth-order valence-corrected chi connectivity index (χ4v) is 2.54. The normalized spacial score (nSPS) is 21.0.